The molecule has 0 aliphatic carbocycles. The molecule has 8 heteroatoms. The Hall–Kier alpha value is -2.22. The van der Waals surface area contributed by atoms with Gasteiger partial charge in [-0.05, 0) is 18.9 Å². The van der Waals surface area contributed by atoms with Crippen LogP contribution in [0.4, 0.5) is 0 Å². The van der Waals surface area contributed by atoms with Crippen LogP contribution in [-0.2, 0) is 16.1 Å². The molecule has 1 atom stereocenters. The second kappa shape index (κ2) is 5.41. The molecule has 3 heterocycles. The third-order valence-corrected chi connectivity index (χ3v) is 3.21. The summed E-state index contributed by atoms with van der Waals surface area (Å²) in [5.74, 6) is 0.0235. The highest BCUT2D eigenvalue weighted by atomic mass is 16.5. The van der Waals surface area contributed by atoms with Gasteiger partial charge in [0.15, 0.2) is 0 Å². The number of hydrogen-bond acceptors (Lipinski definition) is 5. The van der Waals surface area contributed by atoms with Gasteiger partial charge in [0.05, 0.1) is 6.10 Å². The monoisotopic (exact) mass is 277 g/mol. The first-order chi connectivity index (χ1) is 9.74. The SMILES string of the molecule is O=C(Cn1nc2ncccn2c1=O)NCC1CCCO1. The molecule has 1 aliphatic rings. The lowest BCUT2D eigenvalue weighted by atomic mass is 10.2. The molecule has 2 aromatic rings. The predicted molar refractivity (Wildman–Crippen MR) is 69.2 cm³/mol. The van der Waals surface area contributed by atoms with Crippen molar-refractivity contribution in [2.45, 2.75) is 25.5 Å². The molecule has 1 unspecified atom stereocenters. The Morgan fingerprint density at radius 3 is 3.20 bits per heavy atom. The smallest absolute Gasteiger partial charge is 0.352 e. The third kappa shape index (κ3) is 2.55. The van der Waals surface area contributed by atoms with Gasteiger partial charge >= 0.3 is 5.69 Å². The maximum Gasteiger partial charge on any atom is 0.352 e. The Morgan fingerprint density at radius 1 is 1.55 bits per heavy atom. The Labute approximate surface area is 114 Å². The number of fused-ring (bicyclic) bond motifs is 1. The quantitative estimate of drug-likeness (QED) is 0.789. The molecule has 1 N–H and O–H groups in total. The first kappa shape index (κ1) is 12.8. The number of amides is 1. The maximum absolute atomic E-state index is 11.9. The summed E-state index contributed by atoms with van der Waals surface area (Å²) in [7, 11) is 0. The highest BCUT2D eigenvalue weighted by molar-refractivity contribution is 5.75. The summed E-state index contributed by atoms with van der Waals surface area (Å²) in [4.78, 5) is 27.7. The van der Waals surface area contributed by atoms with E-state index >= 15 is 0 Å². The molecule has 0 radical (unpaired) electrons. The van der Waals surface area contributed by atoms with E-state index in [0.29, 0.717) is 6.54 Å². The zero-order valence-corrected chi connectivity index (χ0v) is 10.9. The van der Waals surface area contributed by atoms with Crippen LogP contribution in [0, 0.1) is 0 Å². The lowest BCUT2D eigenvalue weighted by molar-refractivity contribution is -0.122. The second-order valence-electron chi connectivity index (χ2n) is 4.67. The summed E-state index contributed by atoms with van der Waals surface area (Å²) in [6, 6.07) is 1.64. The molecule has 8 nitrogen and oxygen atoms in total. The number of carbonyl (C=O) groups excluding carboxylic acids is 1. The van der Waals surface area contributed by atoms with Crippen molar-refractivity contribution in [3.63, 3.8) is 0 Å². The predicted octanol–water partition coefficient (Wildman–Crippen LogP) is -0.814. The lowest BCUT2D eigenvalue weighted by Crippen LogP contribution is -2.36. The van der Waals surface area contributed by atoms with Crippen LogP contribution in [0.1, 0.15) is 12.8 Å². The van der Waals surface area contributed by atoms with Crippen LogP contribution in [0.2, 0.25) is 0 Å². The molecule has 0 bridgehead atoms. The largest absolute Gasteiger partial charge is 0.376 e. The van der Waals surface area contributed by atoms with Crippen LogP contribution in [0.3, 0.4) is 0 Å². The molecular formula is C12H15N5O3. The Bertz CT molecular complexity index is 671. The fourth-order valence-corrected chi connectivity index (χ4v) is 2.19. The minimum absolute atomic E-state index is 0.0819. The van der Waals surface area contributed by atoms with Gasteiger partial charge in [-0.2, -0.15) is 0 Å². The van der Waals surface area contributed by atoms with Crippen molar-refractivity contribution >= 4 is 11.7 Å². The van der Waals surface area contributed by atoms with Crippen molar-refractivity contribution in [2.75, 3.05) is 13.2 Å². The Balaban J connectivity index is 1.65. The van der Waals surface area contributed by atoms with Crippen molar-refractivity contribution in [3.05, 3.63) is 28.9 Å². The number of hydrogen-bond donors (Lipinski definition) is 1. The highest BCUT2D eigenvalue weighted by Gasteiger charge is 2.17. The zero-order chi connectivity index (χ0) is 13.9. The average molecular weight is 277 g/mol. The van der Waals surface area contributed by atoms with Crippen molar-refractivity contribution in [1.82, 2.24) is 24.5 Å². The lowest BCUT2D eigenvalue weighted by Gasteiger charge is -2.10. The first-order valence-corrected chi connectivity index (χ1v) is 6.52. The molecule has 1 fully saturated rings. The van der Waals surface area contributed by atoms with E-state index in [1.807, 2.05) is 0 Å². The van der Waals surface area contributed by atoms with Gasteiger partial charge in [-0.15, -0.1) is 5.10 Å². The molecule has 0 saturated carbocycles. The van der Waals surface area contributed by atoms with Gasteiger partial charge in [0.2, 0.25) is 5.91 Å². The van der Waals surface area contributed by atoms with Gasteiger partial charge in [-0.1, -0.05) is 0 Å². The highest BCUT2D eigenvalue weighted by Crippen LogP contribution is 2.10. The van der Waals surface area contributed by atoms with Gasteiger partial charge in [0.25, 0.3) is 5.78 Å². The fraction of sp³-hybridized carbons (Fsp3) is 0.500. The molecule has 1 saturated heterocycles. The van der Waals surface area contributed by atoms with Crippen LogP contribution < -0.4 is 11.0 Å². The minimum Gasteiger partial charge on any atom is -0.376 e. The number of aromatic nitrogens is 4. The number of rotatable bonds is 4. The zero-order valence-electron chi connectivity index (χ0n) is 10.9. The van der Waals surface area contributed by atoms with Crippen LogP contribution in [0.15, 0.2) is 23.3 Å². The summed E-state index contributed by atoms with van der Waals surface area (Å²) in [6.07, 6.45) is 5.18. The van der Waals surface area contributed by atoms with Gasteiger partial charge in [0.1, 0.15) is 6.54 Å². The van der Waals surface area contributed by atoms with Gasteiger partial charge in [0, 0.05) is 25.5 Å². The van der Waals surface area contributed by atoms with E-state index < -0.39 is 0 Å². The van der Waals surface area contributed by atoms with E-state index in [-0.39, 0.29) is 30.0 Å². The molecule has 1 aliphatic heterocycles. The van der Waals surface area contributed by atoms with Gasteiger partial charge in [-0.25, -0.2) is 18.9 Å². The molecule has 3 rings (SSSR count). The number of nitrogens with zero attached hydrogens (tertiary/aromatic N) is 4. The van der Waals surface area contributed by atoms with Crippen molar-refractivity contribution in [1.29, 1.82) is 0 Å². The van der Waals surface area contributed by atoms with E-state index in [9.17, 15) is 9.59 Å². The molecule has 20 heavy (non-hydrogen) atoms. The fourth-order valence-electron chi connectivity index (χ4n) is 2.19. The molecule has 106 valence electrons. The topological polar surface area (TPSA) is 90.5 Å². The molecule has 0 spiro atoms. The van der Waals surface area contributed by atoms with Gasteiger partial charge < -0.3 is 10.1 Å². The van der Waals surface area contributed by atoms with E-state index in [0.717, 1.165) is 24.1 Å². The summed E-state index contributed by atoms with van der Waals surface area (Å²) in [6.45, 7) is 1.10. The Kier molecular flexibility index (Phi) is 3.46. The molecular weight excluding hydrogens is 262 g/mol. The molecule has 0 aromatic carbocycles. The number of nitrogens with one attached hydrogen (secondary N) is 1. The summed E-state index contributed by atoms with van der Waals surface area (Å²) < 4.78 is 7.82. The van der Waals surface area contributed by atoms with Crippen LogP contribution >= 0.6 is 0 Å². The first-order valence-electron chi connectivity index (χ1n) is 6.52. The van der Waals surface area contributed by atoms with Crippen LogP contribution in [0.5, 0.6) is 0 Å². The number of ether oxygens (including phenoxy) is 1. The third-order valence-electron chi connectivity index (χ3n) is 3.21. The Morgan fingerprint density at radius 2 is 2.45 bits per heavy atom. The van der Waals surface area contributed by atoms with Crippen molar-refractivity contribution < 1.29 is 9.53 Å². The van der Waals surface area contributed by atoms with E-state index in [4.69, 9.17) is 4.74 Å². The molecule has 2 aromatic heterocycles. The number of carbonyl (C=O) groups is 1. The van der Waals surface area contributed by atoms with E-state index in [2.05, 4.69) is 15.4 Å². The average Bonchev–Trinajstić information content (AvgIpc) is 3.07. The van der Waals surface area contributed by atoms with Gasteiger partial charge in [-0.3, -0.25) is 4.79 Å². The maximum atomic E-state index is 11.9. The van der Waals surface area contributed by atoms with E-state index in [1.165, 1.54) is 4.40 Å². The van der Waals surface area contributed by atoms with E-state index in [1.54, 1.807) is 18.5 Å². The standard InChI is InChI=1S/C12H15N5O3/c18-10(14-7-9-3-1-6-20-9)8-17-12(19)16-5-2-4-13-11(16)15-17/h2,4-5,9H,1,3,6-8H2,(H,14,18). The summed E-state index contributed by atoms with van der Waals surface area (Å²) in [5.41, 5.74) is -0.375. The second-order valence-corrected chi connectivity index (χ2v) is 4.67. The molecule has 1 amide bonds. The van der Waals surface area contributed by atoms with Crippen molar-refractivity contribution in [3.8, 4) is 0 Å². The van der Waals surface area contributed by atoms with Crippen molar-refractivity contribution in [2.24, 2.45) is 0 Å². The summed E-state index contributed by atoms with van der Waals surface area (Å²) >= 11 is 0. The normalized spacial score (nSPS) is 18.5. The van der Waals surface area contributed by atoms with Crippen LogP contribution in [0.25, 0.3) is 5.78 Å². The van der Waals surface area contributed by atoms with Crippen LogP contribution in [-0.4, -0.2) is 44.3 Å². The summed E-state index contributed by atoms with van der Waals surface area (Å²) in [5, 5.41) is 6.75. The minimum atomic E-state index is -0.375.